The lowest BCUT2D eigenvalue weighted by Crippen LogP contribution is -2.13. The molecule has 1 heterocycles. The van der Waals surface area contributed by atoms with E-state index < -0.39 is 0 Å². The van der Waals surface area contributed by atoms with E-state index in [4.69, 9.17) is 10.3 Å². The molecule has 2 aromatic carbocycles. The molecule has 2 N–H and O–H groups in total. The Morgan fingerprint density at radius 2 is 1.95 bits per heavy atom. The van der Waals surface area contributed by atoms with Crippen LogP contribution in [0.4, 0.5) is 0 Å². The number of nitrogens with zero attached hydrogens (tertiary/aromatic N) is 2. The van der Waals surface area contributed by atoms with Crippen molar-refractivity contribution < 1.29 is 4.52 Å². The van der Waals surface area contributed by atoms with E-state index in [-0.39, 0.29) is 6.04 Å². The van der Waals surface area contributed by atoms with Crippen molar-refractivity contribution in [2.75, 3.05) is 0 Å². The molecule has 0 spiro atoms. The summed E-state index contributed by atoms with van der Waals surface area (Å²) in [5.74, 6) is 1.20. The molecular weight excluding hydrogens is 250 g/mol. The van der Waals surface area contributed by atoms with Gasteiger partial charge in [-0.3, -0.25) is 0 Å². The summed E-state index contributed by atoms with van der Waals surface area (Å²) in [5.41, 5.74) is 7.22. The van der Waals surface area contributed by atoms with Gasteiger partial charge in [0.2, 0.25) is 5.89 Å². The molecule has 0 bridgehead atoms. The fourth-order valence-corrected chi connectivity index (χ4v) is 2.26. The van der Waals surface area contributed by atoms with Crippen molar-refractivity contribution in [1.82, 2.24) is 10.1 Å². The lowest BCUT2D eigenvalue weighted by molar-refractivity contribution is 0.370. The average molecular weight is 267 g/mol. The second kappa shape index (κ2) is 5.43. The highest BCUT2D eigenvalue weighted by atomic mass is 16.5. The van der Waals surface area contributed by atoms with Gasteiger partial charge in [-0.25, -0.2) is 0 Å². The normalized spacial score (nSPS) is 12.7. The number of hydrogen-bond donors (Lipinski definition) is 1. The summed E-state index contributed by atoms with van der Waals surface area (Å²) < 4.78 is 5.19. The van der Waals surface area contributed by atoms with Gasteiger partial charge in [0.25, 0.3) is 0 Å². The molecule has 0 aliphatic rings. The van der Waals surface area contributed by atoms with Crippen LogP contribution in [-0.2, 0) is 6.42 Å². The highest BCUT2D eigenvalue weighted by molar-refractivity contribution is 5.83. The Morgan fingerprint density at radius 3 is 2.75 bits per heavy atom. The van der Waals surface area contributed by atoms with Crippen molar-refractivity contribution in [2.45, 2.75) is 25.8 Å². The molecule has 0 saturated heterocycles. The fourth-order valence-electron chi connectivity index (χ4n) is 2.26. The van der Waals surface area contributed by atoms with E-state index in [1.807, 2.05) is 18.2 Å². The first kappa shape index (κ1) is 12.8. The summed E-state index contributed by atoms with van der Waals surface area (Å²) >= 11 is 0. The van der Waals surface area contributed by atoms with E-state index in [2.05, 4.69) is 41.3 Å². The minimum atomic E-state index is -0.353. The summed E-state index contributed by atoms with van der Waals surface area (Å²) in [5, 5.41) is 6.34. The van der Waals surface area contributed by atoms with E-state index in [0.717, 1.165) is 23.8 Å². The zero-order valence-electron chi connectivity index (χ0n) is 11.4. The molecule has 1 unspecified atom stereocenters. The quantitative estimate of drug-likeness (QED) is 0.788. The molecule has 3 rings (SSSR count). The van der Waals surface area contributed by atoms with Gasteiger partial charge < -0.3 is 10.3 Å². The first-order chi connectivity index (χ1) is 9.78. The Bertz CT molecular complexity index is 720. The molecule has 20 heavy (non-hydrogen) atoms. The van der Waals surface area contributed by atoms with Crippen molar-refractivity contribution in [2.24, 2.45) is 5.73 Å². The molecule has 102 valence electrons. The molecule has 0 aliphatic heterocycles. The molecule has 0 radical (unpaired) electrons. The van der Waals surface area contributed by atoms with Gasteiger partial charge in [0.05, 0.1) is 6.04 Å². The molecule has 3 aromatic rings. The fraction of sp³-hybridized carbons (Fsp3) is 0.250. The first-order valence-electron chi connectivity index (χ1n) is 6.84. The van der Waals surface area contributed by atoms with E-state index in [9.17, 15) is 0 Å². The molecule has 0 fully saturated rings. The molecule has 1 atom stereocenters. The standard InChI is InChI=1S/C16H17N3O/c1-2-5-14-18-16(19-20-14)15(17)13-9-8-11-6-3-4-7-12(11)10-13/h3-4,6-10,15H,2,5,17H2,1H3. The minimum absolute atomic E-state index is 0.353. The Morgan fingerprint density at radius 1 is 1.15 bits per heavy atom. The summed E-state index contributed by atoms with van der Waals surface area (Å²) in [6.45, 7) is 2.08. The van der Waals surface area contributed by atoms with E-state index in [1.165, 1.54) is 5.39 Å². The zero-order chi connectivity index (χ0) is 13.9. The number of hydrogen-bond acceptors (Lipinski definition) is 4. The molecular formula is C16H17N3O. The SMILES string of the molecule is CCCc1nc(C(N)c2ccc3ccccc3c2)no1. The van der Waals surface area contributed by atoms with Gasteiger partial charge >= 0.3 is 0 Å². The predicted molar refractivity (Wildman–Crippen MR) is 78.3 cm³/mol. The molecule has 4 nitrogen and oxygen atoms in total. The number of aromatic nitrogens is 2. The van der Waals surface area contributed by atoms with Crippen LogP contribution in [0.2, 0.25) is 0 Å². The van der Waals surface area contributed by atoms with E-state index in [0.29, 0.717) is 11.7 Å². The lowest BCUT2D eigenvalue weighted by atomic mass is 10.0. The van der Waals surface area contributed by atoms with Gasteiger partial charge in [-0.05, 0) is 28.8 Å². The van der Waals surface area contributed by atoms with Crippen molar-refractivity contribution in [1.29, 1.82) is 0 Å². The van der Waals surface area contributed by atoms with E-state index in [1.54, 1.807) is 0 Å². The van der Waals surface area contributed by atoms with Crippen molar-refractivity contribution in [3.8, 4) is 0 Å². The number of nitrogens with two attached hydrogens (primary N) is 1. The van der Waals surface area contributed by atoms with Crippen molar-refractivity contribution in [3.63, 3.8) is 0 Å². The Balaban J connectivity index is 1.92. The second-order valence-corrected chi connectivity index (χ2v) is 4.88. The van der Waals surface area contributed by atoms with Crippen LogP contribution < -0.4 is 5.73 Å². The monoisotopic (exact) mass is 267 g/mol. The van der Waals surface area contributed by atoms with Crippen LogP contribution in [-0.4, -0.2) is 10.1 Å². The third-order valence-corrected chi connectivity index (χ3v) is 3.36. The number of aryl methyl sites for hydroxylation is 1. The topological polar surface area (TPSA) is 64.9 Å². The van der Waals surface area contributed by atoms with Crippen LogP contribution in [0.3, 0.4) is 0 Å². The molecule has 1 aromatic heterocycles. The van der Waals surface area contributed by atoms with Crippen LogP contribution in [0.15, 0.2) is 47.0 Å². The number of benzene rings is 2. The van der Waals surface area contributed by atoms with Gasteiger partial charge in [-0.1, -0.05) is 48.5 Å². The summed E-state index contributed by atoms with van der Waals surface area (Å²) in [4.78, 5) is 4.35. The minimum Gasteiger partial charge on any atom is -0.339 e. The maximum atomic E-state index is 6.23. The highest BCUT2D eigenvalue weighted by Crippen LogP contribution is 2.22. The molecule has 4 heteroatoms. The highest BCUT2D eigenvalue weighted by Gasteiger charge is 2.16. The maximum Gasteiger partial charge on any atom is 0.226 e. The van der Waals surface area contributed by atoms with Crippen LogP contribution in [0.25, 0.3) is 10.8 Å². The van der Waals surface area contributed by atoms with E-state index >= 15 is 0 Å². The Kier molecular flexibility index (Phi) is 3.48. The second-order valence-electron chi connectivity index (χ2n) is 4.88. The van der Waals surface area contributed by atoms with Gasteiger partial charge in [0.15, 0.2) is 5.82 Å². The third-order valence-electron chi connectivity index (χ3n) is 3.36. The van der Waals surface area contributed by atoms with Gasteiger partial charge in [-0.15, -0.1) is 0 Å². The smallest absolute Gasteiger partial charge is 0.226 e. The van der Waals surface area contributed by atoms with Gasteiger partial charge in [0, 0.05) is 6.42 Å². The summed E-state index contributed by atoms with van der Waals surface area (Å²) in [6.07, 6.45) is 1.77. The lowest BCUT2D eigenvalue weighted by Gasteiger charge is -2.08. The first-order valence-corrected chi connectivity index (χ1v) is 6.84. The zero-order valence-corrected chi connectivity index (χ0v) is 11.4. The molecule has 0 saturated carbocycles. The number of rotatable bonds is 4. The average Bonchev–Trinajstić information content (AvgIpc) is 2.95. The number of fused-ring (bicyclic) bond motifs is 1. The maximum absolute atomic E-state index is 6.23. The van der Waals surface area contributed by atoms with Gasteiger partial charge in [0.1, 0.15) is 0 Å². The molecule has 0 amide bonds. The largest absolute Gasteiger partial charge is 0.339 e. The van der Waals surface area contributed by atoms with Gasteiger partial charge in [-0.2, -0.15) is 4.98 Å². The predicted octanol–water partition coefficient (Wildman–Crippen LogP) is 3.22. The van der Waals surface area contributed by atoms with Crippen LogP contribution in [0.1, 0.15) is 36.7 Å². The third kappa shape index (κ3) is 2.42. The van der Waals surface area contributed by atoms with Crippen LogP contribution in [0.5, 0.6) is 0 Å². The molecule has 0 aliphatic carbocycles. The Hall–Kier alpha value is -2.20. The summed E-state index contributed by atoms with van der Waals surface area (Å²) in [6, 6.07) is 14.0. The Labute approximate surface area is 117 Å². The van der Waals surface area contributed by atoms with Crippen LogP contribution >= 0.6 is 0 Å². The van der Waals surface area contributed by atoms with Crippen LogP contribution in [0, 0.1) is 0 Å². The van der Waals surface area contributed by atoms with Crippen molar-refractivity contribution in [3.05, 3.63) is 59.7 Å². The van der Waals surface area contributed by atoms with Crippen molar-refractivity contribution >= 4 is 10.8 Å². The summed E-state index contributed by atoms with van der Waals surface area (Å²) in [7, 11) is 0.